The number of amides is 3. The van der Waals surface area contributed by atoms with Crippen molar-refractivity contribution < 1.29 is 14.4 Å². The Balaban J connectivity index is 1.10. The molecule has 3 amide bonds. The van der Waals surface area contributed by atoms with Crippen LogP contribution in [0, 0.1) is 5.92 Å². The predicted molar refractivity (Wildman–Crippen MR) is 163 cm³/mol. The van der Waals surface area contributed by atoms with Crippen molar-refractivity contribution >= 4 is 57.5 Å². The minimum atomic E-state index is -0.426. The van der Waals surface area contributed by atoms with E-state index in [9.17, 15) is 14.4 Å². The van der Waals surface area contributed by atoms with Crippen LogP contribution in [0.5, 0.6) is 0 Å². The van der Waals surface area contributed by atoms with Gasteiger partial charge in [0, 0.05) is 68.0 Å². The molecule has 4 heterocycles. The number of halogens is 2. The summed E-state index contributed by atoms with van der Waals surface area (Å²) in [5.41, 5.74) is 3.20. The van der Waals surface area contributed by atoms with Crippen LogP contribution in [0.3, 0.4) is 0 Å². The number of anilines is 1. The Bertz CT molecular complexity index is 1670. The summed E-state index contributed by atoms with van der Waals surface area (Å²) in [5, 5.41) is 7.84. The summed E-state index contributed by atoms with van der Waals surface area (Å²) >= 11 is 13.0. The van der Waals surface area contributed by atoms with Gasteiger partial charge in [-0.3, -0.25) is 14.4 Å². The lowest BCUT2D eigenvalue weighted by Crippen LogP contribution is -2.51. The van der Waals surface area contributed by atoms with Crippen LogP contribution in [0.2, 0.25) is 10.0 Å². The number of hydrogen-bond acceptors (Lipinski definition) is 5. The summed E-state index contributed by atoms with van der Waals surface area (Å²) in [6.45, 7) is 3.77. The summed E-state index contributed by atoms with van der Waals surface area (Å²) in [7, 11) is 1.76. The molecule has 2 aliphatic heterocycles. The van der Waals surface area contributed by atoms with Crippen LogP contribution in [0.1, 0.15) is 33.8 Å². The van der Waals surface area contributed by atoms with Crippen LogP contribution in [-0.4, -0.2) is 81.3 Å². The Kier molecular flexibility index (Phi) is 7.94. The number of fused-ring (bicyclic) bond motifs is 1. The van der Waals surface area contributed by atoms with Gasteiger partial charge in [-0.2, -0.15) is 0 Å². The van der Waals surface area contributed by atoms with Crippen LogP contribution >= 0.6 is 23.2 Å². The highest BCUT2D eigenvalue weighted by Gasteiger charge is 2.28. The average Bonchev–Trinajstić information content (AvgIpc) is 3.75. The fourth-order valence-electron chi connectivity index (χ4n) is 5.77. The molecule has 6 rings (SSSR count). The van der Waals surface area contributed by atoms with Gasteiger partial charge in [0.05, 0.1) is 27.5 Å². The molecule has 3 N–H and O–H groups in total. The van der Waals surface area contributed by atoms with Gasteiger partial charge in [-0.15, -0.1) is 0 Å². The van der Waals surface area contributed by atoms with Crippen molar-refractivity contribution in [3.63, 3.8) is 0 Å². The van der Waals surface area contributed by atoms with Crippen molar-refractivity contribution in [3.05, 3.63) is 70.2 Å². The van der Waals surface area contributed by atoms with Gasteiger partial charge in [0.25, 0.3) is 11.8 Å². The van der Waals surface area contributed by atoms with Gasteiger partial charge in [-0.25, -0.2) is 4.98 Å². The van der Waals surface area contributed by atoms with Gasteiger partial charge < -0.3 is 30.0 Å². The highest BCUT2D eigenvalue weighted by molar-refractivity contribution is 6.35. The third kappa shape index (κ3) is 5.49. The fraction of sp³-hybridized carbons (Fsp3) is 0.333. The Morgan fingerprint density at radius 2 is 1.81 bits per heavy atom. The number of nitrogens with one attached hydrogen (secondary N) is 3. The molecule has 12 heteroatoms. The van der Waals surface area contributed by atoms with Gasteiger partial charge in [0.2, 0.25) is 5.91 Å². The van der Waals surface area contributed by atoms with Gasteiger partial charge in [0.15, 0.2) is 5.82 Å². The van der Waals surface area contributed by atoms with Crippen molar-refractivity contribution in [2.45, 2.75) is 12.8 Å². The van der Waals surface area contributed by atoms with E-state index >= 15 is 0 Å². The van der Waals surface area contributed by atoms with E-state index in [1.807, 2.05) is 29.3 Å². The third-order valence-electron chi connectivity index (χ3n) is 8.13. The summed E-state index contributed by atoms with van der Waals surface area (Å²) in [5.74, 6) is 0.118. The molecule has 4 aromatic rings. The van der Waals surface area contributed by atoms with E-state index in [0.29, 0.717) is 60.5 Å². The van der Waals surface area contributed by atoms with Crippen molar-refractivity contribution in [2.24, 2.45) is 13.0 Å². The van der Waals surface area contributed by atoms with Gasteiger partial charge in [-0.1, -0.05) is 23.2 Å². The maximum Gasteiger partial charge on any atom is 0.291 e. The number of H-pyrrole nitrogens is 1. The second kappa shape index (κ2) is 11.8. The normalized spacial score (nSPS) is 17.2. The Morgan fingerprint density at radius 1 is 1.02 bits per heavy atom. The predicted octanol–water partition coefficient (Wildman–Crippen LogP) is 4.41. The fourth-order valence-corrected chi connectivity index (χ4v) is 6.29. The van der Waals surface area contributed by atoms with Crippen LogP contribution in [-0.2, 0) is 11.8 Å². The van der Waals surface area contributed by atoms with E-state index in [1.165, 1.54) is 0 Å². The highest BCUT2D eigenvalue weighted by Crippen LogP contribution is 2.35. The Labute approximate surface area is 253 Å². The number of hydrogen-bond donors (Lipinski definition) is 3. The number of aromatic amines is 1. The SMILES string of the molecule is Cn1c(-c2c(Cl)ccc3[nH]ccc23)cnc1C(=O)Nc1ccc(C(=O)N2CCN(C(=O)C[C@@H]3CCNC3)CC2)c(Cl)c1. The number of benzene rings is 2. The standard InChI is InChI=1S/C30H31Cl2N7O3/c1-37-25(27-21-7-9-34-24(21)5-4-22(27)31)17-35-28(37)29(41)36-19-2-3-20(23(32)15-19)30(42)39-12-10-38(11-13-39)26(40)14-18-6-8-33-16-18/h2-5,7,9,15,17-18,33-34H,6,8,10-14,16H2,1H3,(H,36,41)/t18-/m0/s1. The first-order valence-corrected chi connectivity index (χ1v) is 14.7. The molecule has 2 fully saturated rings. The zero-order chi connectivity index (χ0) is 29.4. The van der Waals surface area contributed by atoms with Crippen LogP contribution in [0.25, 0.3) is 22.2 Å². The third-order valence-corrected chi connectivity index (χ3v) is 8.76. The zero-order valence-electron chi connectivity index (χ0n) is 23.1. The molecule has 0 unspecified atom stereocenters. The number of rotatable bonds is 6. The van der Waals surface area contributed by atoms with E-state index in [2.05, 4.69) is 20.6 Å². The maximum absolute atomic E-state index is 13.2. The van der Waals surface area contributed by atoms with E-state index in [0.717, 1.165) is 36.0 Å². The molecule has 2 aromatic carbocycles. The number of imidazole rings is 1. The van der Waals surface area contributed by atoms with Crippen molar-refractivity contribution in [1.82, 2.24) is 29.7 Å². The molecule has 1 atom stereocenters. The average molecular weight is 609 g/mol. The minimum Gasteiger partial charge on any atom is -0.361 e. The molecule has 42 heavy (non-hydrogen) atoms. The molecule has 2 aliphatic rings. The molecule has 0 radical (unpaired) electrons. The van der Waals surface area contributed by atoms with Gasteiger partial charge in [-0.05, 0) is 61.8 Å². The van der Waals surface area contributed by atoms with Crippen molar-refractivity contribution in [1.29, 1.82) is 0 Å². The molecular weight excluding hydrogens is 577 g/mol. The van der Waals surface area contributed by atoms with Crippen LogP contribution in [0.4, 0.5) is 5.69 Å². The highest BCUT2D eigenvalue weighted by atomic mass is 35.5. The number of aromatic nitrogens is 3. The molecule has 10 nitrogen and oxygen atoms in total. The van der Waals surface area contributed by atoms with E-state index in [-0.39, 0.29) is 22.7 Å². The Hall–Kier alpha value is -3.86. The Morgan fingerprint density at radius 3 is 2.55 bits per heavy atom. The molecule has 218 valence electrons. The smallest absolute Gasteiger partial charge is 0.291 e. The minimum absolute atomic E-state index is 0.151. The summed E-state index contributed by atoms with van der Waals surface area (Å²) < 4.78 is 1.69. The monoisotopic (exact) mass is 607 g/mol. The first-order valence-electron chi connectivity index (χ1n) is 14.0. The molecule has 2 saturated heterocycles. The maximum atomic E-state index is 13.2. The number of piperazine rings is 1. The van der Waals surface area contributed by atoms with Crippen molar-refractivity contribution in [3.8, 4) is 11.3 Å². The van der Waals surface area contributed by atoms with Gasteiger partial charge >= 0.3 is 0 Å². The topological polar surface area (TPSA) is 115 Å². The van der Waals surface area contributed by atoms with E-state index in [1.54, 1.807) is 40.9 Å². The zero-order valence-corrected chi connectivity index (χ0v) is 24.6. The molecular formula is C30H31Cl2N7O3. The lowest BCUT2D eigenvalue weighted by atomic mass is 10.0. The van der Waals surface area contributed by atoms with E-state index in [4.69, 9.17) is 23.2 Å². The first kappa shape index (κ1) is 28.3. The van der Waals surface area contributed by atoms with Crippen LogP contribution in [0.15, 0.2) is 48.8 Å². The molecule has 0 aliphatic carbocycles. The van der Waals surface area contributed by atoms with E-state index < -0.39 is 5.91 Å². The van der Waals surface area contributed by atoms with Crippen molar-refractivity contribution in [2.75, 3.05) is 44.6 Å². The second-order valence-corrected chi connectivity index (χ2v) is 11.6. The molecule has 2 aromatic heterocycles. The number of nitrogens with zero attached hydrogens (tertiary/aromatic N) is 4. The summed E-state index contributed by atoms with van der Waals surface area (Å²) in [6, 6.07) is 10.5. The van der Waals surface area contributed by atoms with Gasteiger partial charge in [0.1, 0.15) is 0 Å². The lowest BCUT2D eigenvalue weighted by Gasteiger charge is -2.35. The second-order valence-electron chi connectivity index (χ2n) is 10.8. The number of carbonyl (C=O) groups excluding carboxylic acids is 3. The molecule has 0 saturated carbocycles. The summed E-state index contributed by atoms with van der Waals surface area (Å²) in [4.78, 5) is 50.1. The number of carbonyl (C=O) groups is 3. The molecule has 0 spiro atoms. The lowest BCUT2D eigenvalue weighted by molar-refractivity contribution is -0.133. The largest absolute Gasteiger partial charge is 0.361 e. The quantitative estimate of drug-likeness (QED) is 0.300. The molecule has 0 bridgehead atoms. The first-order chi connectivity index (χ1) is 20.3. The summed E-state index contributed by atoms with van der Waals surface area (Å²) in [6.07, 6.45) is 5.04. The van der Waals surface area contributed by atoms with Crippen LogP contribution < -0.4 is 10.6 Å².